The van der Waals surface area contributed by atoms with Crippen LogP contribution in [0, 0.1) is 0 Å². The lowest BCUT2D eigenvalue weighted by Gasteiger charge is -2.12. The molecule has 0 aromatic heterocycles. The molecule has 7 nitrogen and oxygen atoms in total. The molecule has 1 saturated heterocycles. The number of aliphatic hydroxyl groups excluding tert-OH is 3. The normalized spacial score (nSPS) is 35.4. The van der Waals surface area contributed by atoms with E-state index in [4.69, 9.17) is 14.9 Å². The fourth-order valence-electron chi connectivity index (χ4n) is 1.42. The van der Waals surface area contributed by atoms with Crippen molar-refractivity contribution in [2.75, 3.05) is 6.61 Å². The van der Waals surface area contributed by atoms with Gasteiger partial charge in [0.1, 0.15) is 18.3 Å². The number of rotatable bonds is 4. The quantitative estimate of drug-likeness (QED) is 0.386. The lowest BCUT2D eigenvalue weighted by atomic mass is 10.0. The van der Waals surface area contributed by atoms with E-state index in [0.717, 1.165) is 0 Å². The van der Waals surface area contributed by atoms with E-state index in [0.29, 0.717) is 0 Å². The predicted octanol–water partition coefficient (Wildman–Crippen LogP) is -2.49. The highest BCUT2D eigenvalue weighted by Gasteiger charge is 2.43. The zero-order valence-corrected chi connectivity index (χ0v) is 7.74. The van der Waals surface area contributed by atoms with Crippen LogP contribution in [-0.2, 0) is 14.3 Å². The van der Waals surface area contributed by atoms with Crippen LogP contribution < -0.4 is 0 Å². The molecular weight excluding hydrogens is 208 g/mol. The van der Waals surface area contributed by atoms with E-state index in [1.165, 1.54) is 0 Å². The fraction of sp³-hybridized carbons (Fsp3) is 0.750. The van der Waals surface area contributed by atoms with Crippen LogP contribution in [0.4, 0.5) is 0 Å². The second-order valence-corrected chi connectivity index (χ2v) is 3.31. The first kappa shape index (κ1) is 12.1. The Hall–Kier alpha value is -1.02. The molecule has 0 spiro atoms. The van der Waals surface area contributed by atoms with Gasteiger partial charge < -0.3 is 25.2 Å². The summed E-state index contributed by atoms with van der Waals surface area (Å²) in [6, 6.07) is 0. The van der Waals surface area contributed by atoms with Gasteiger partial charge in [0, 0.05) is 6.42 Å². The van der Waals surface area contributed by atoms with Crippen molar-refractivity contribution in [3.8, 4) is 0 Å². The number of ether oxygens (including phenoxy) is 1. The van der Waals surface area contributed by atoms with Gasteiger partial charge in [-0.2, -0.15) is 0 Å². The number of Topliss-reactive ketones (excluding diaryl/α,β-unsaturated/α-hetero) is 1. The molecule has 0 aliphatic carbocycles. The molecule has 1 heterocycles. The molecule has 1 aliphatic heterocycles. The average Bonchev–Trinajstić information content (AvgIpc) is 2.45. The number of carboxylic acid groups (broad SMARTS) is 1. The zero-order chi connectivity index (χ0) is 11.6. The first-order valence-corrected chi connectivity index (χ1v) is 4.36. The molecule has 1 fully saturated rings. The zero-order valence-electron chi connectivity index (χ0n) is 7.74. The van der Waals surface area contributed by atoms with Crippen molar-refractivity contribution in [3.05, 3.63) is 0 Å². The van der Waals surface area contributed by atoms with Crippen LogP contribution in [-0.4, -0.2) is 63.2 Å². The third kappa shape index (κ3) is 2.51. The van der Waals surface area contributed by atoms with Crippen LogP contribution in [0.1, 0.15) is 6.42 Å². The fourth-order valence-corrected chi connectivity index (χ4v) is 1.42. The van der Waals surface area contributed by atoms with Gasteiger partial charge in [-0.15, -0.1) is 0 Å². The molecule has 0 saturated carbocycles. The van der Waals surface area contributed by atoms with E-state index in [1.54, 1.807) is 0 Å². The molecule has 15 heavy (non-hydrogen) atoms. The highest BCUT2D eigenvalue weighted by molar-refractivity contribution is 6.32. The van der Waals surface area contributed by atoms with Gasteiger partial charge in [-0.1, -0.05) is 0 Å². The Kier molecular flexibility index (Phi) is 3.75. The Labute approximate surface area is 84.9 Å². The first-order chi connectivity index (χ1) is 6.97. The molecule has 0 aromatic rings. The minimum Gasteiger partial charge on any atom is -0.475 e. The summed E-state index contributed by atoms with van der Waals surface area (Å²) < 4.78 is 4.92. The smallest absolute Gasteiger partial charge is 0.372 e. The summed E-state index contributed by atoms with van der Waals surface area (Å²) in [5, 5.41) is 35.7. The van der Waals surface area contributed by atoms with Gasteiger partial charge in [0.05, 0.1) is 12.7 Å². The summed E-state index contributed by atoms with van der Waals surface area (Å²) in [7, 11) is 0. The van der Waals surface area contributed by atoms with E-state index >= 15 is 0 Å². The predicted molar refractivity (Wildman–Crippen MR) is 45.0 cm³/mol. The van der Waals surface area contributed by atoms with Crippen molar-refractivity contribution >= 4 is 11.8 Å². The first-order valence-electron chi connectivity index (χ1n) is 4.36. The van der Waals surface area contributed by atoms with Gasteiger partial charge in [-0.05, 0) is 0 Å². The minimum atomic E-state index is -1.62. The summed E-state index contributed by atoms with van der Waals surface area (Å²) in [4.78, 5) is 21.0. The van der Waals surface area contributed by atoms with Crippen molar-refractivity contribution in [1.29, 1.82) is 0 Å². The van der Waals surface area contributed by atoms with Gasteiger partial charge in [-0.3, -0.25) is 4.79 Å². The second-order valence-electron chi connectivity index (χ2n) is 3.31. The van der Waals surface area contributed by atoms with E-state index in [2.05, 4.69) is 0 Å². The summed E-state index contributed by atoms with van der Waals surface area (Å²) in [6.07, 6.45) is -5.25. The highest BCUT2D eigenvalue weighted by atomic mass is 16.6. The van der Waals surface area contributed by atoms with Crippen molar-refractivity contribution < 1.29 is 34.8 Å². The Morgan fingerprint density at radius 3 is 2.07 bits per heavy atom. The number of aliphatic carboxylic acids is 1. The molecule has 1 aliphatic rings. The van der Waals surface area contributed by atoms with E-state index < -0.39 is 49.2 Å². The van der Waals surface area contributed by atoms with Gasteiger partial charge in [-0.25, -0.2) is 4.79 Å². The van der Waals surface area contributed by atoms with Crippen LogP contribution >= 0.6 is 0 Å². The maximum absolute atomic E-state index is 10.8. The van der Waals surface area contributed by atoms with Gasteiger partial charge in [0.15, 0.2) is 0 Å². The number of carbonyl (C=O) groups is 2. The van der Waals surface area contributed by atoms with Gasteiger partial charge >= 0.3 is 5.97 Å². The Bertz CT molecular complexity index is 264. The summed E-state index contributed by atoms with van der Waals surface area (Å²) >= 11 is 0. The highest BCUT2D eigenvalue weighted by Crippen LogP contribution is 2.23. The number of carboxylic acids is 1. The van der Waals surface area contributed by atoms with E-state index in [1.807, 2.05) is 0 Å². The molecule has 0 aromatic carbocycles. The van der Waals surface area contributed by atoms with Crippen molar-refractivity contribution in [3.63, 3.8) is 0 Å². The molecule has 4 N–H and O–H groups in total. The molecule has 1 rings (SSSR count). The molecule has 7 heteroatoms. The minimum absolute atomic E-state index is 0.504. The lowest BCUT2D eigenvalue weighted by molar-refractivity contribution is -0.150. The summed E-state index contributed by atoms with van der Waals surface area (Å²) in [5.74, 6) is -2.72. The molecule has 0 radical (unpaired) electrons. The number of ketones is 1. The van der Waals surface area contributed by atoms with Crippen molar-refractivity contribution in [2.45, 2.75) is 30.8 Å². The Morgan fingerprint density at radius 2 is 1.67 bits per heavy atom. The lowest BCUT2D eigenvalue weighted by Crippen LogP contribution is -2.35. The van der Waals surface area contributed by atoms with E-state index in [-0.39, 0.29) is 0 Å². The SMILES string of the molecule is O=C(O)C(=O)C[C@@H]1O[C@H](CO)[C@@H](O)[C@@H]1O. The number of aliphatic hydroxyl groups is 3. The Morgan fingerprint density at radius 1 is 1.13 bits per heavy atom. The summed E-state index contributed by atoms with van der Waals surface area (Å²) in [6.45, 7) is -0.504. The molecule has 0 amide bonds. The molecule has 0 bridgehead atoms. The van der Waals surface area contributed by atoms with Crippen molar-refractivity contribution in [2.24, 2.45) is 0 Å². The van der Waals surface area contributed by atoms with Crippen LogP contribution in [0.2, 0.25) is 0 Å². The maximum atomic E-state index is 10.8. The molecular formula is C8H12O7. The van der Waals surface area contributed by atoms with Gasteiger partial charge in [0.2, 0.25) is 5.78 Å². The largest absolute Gasteiger partial charge is 0.475 e. The van der Waals surface area contributed by atoms with Crippen LogP contribution in [0.25, 0.3) is 0 Å². The topological polar surface area (TPSA) is 124 Å². The third-order valence-electron chi connectivity index (χ3n) is 2.27. The number of carbonyl (C=O) groups excluding carboxylic acids is 1. The van der Waals surface area contributed by atoms with Crippen molar-refractivity contribution in [1.82, 2.24) is 0 Å². The Balaban J connectivity index is 2.58. The van der Waals surface area contributed by atoms with Crippen LogP contribution in [0.15, 0.2) is 0 Å². The van der Waals surface area contributed by atoms with Crippen LogP contribution in [0.5, 0.6) is 0 Å². The maximum Gasteiger partial charge on any atom is 0.372 e. The average molecular weight is 220 g/mol. The number of hydrogen-bond donors (Lipinski definition) is 4. The molecule has 4 atom stereocenters. The van der Waals surface area contributed by atoms with Gasteiger partial charge in [0.25, 0.3) is 0 Å². The monoisotopic (exact) mass is 220 g/mol. The molecule has 86 valence electrons. The van der Waals surface area contributed by atoms with E-state index in [9.17, 15) is 19.8 Å². The number of hydrogen-bond acceptors (Lipinski definition) is 6. The second kappa shape index (κ2) is 4.67. The standard InChI is InChI=1S/C8H12O7/c9-2-5-7(12)6(11)4(15-5)1-3(10)8(13)14/h4-7,9,11-12H,1-2H2,(H,13,14)/t4-,5+,6+,7+/m0/s1. The third-order valence-corrected chi connectivity index (χ3v) is 2.27. The summed E-state index contributed by atoms with van der Waals surface area (Å²) in [5.41, 5.74) is 0. The van der Waals surface area contributed by atoms with Crippen LogP contribution in [0.3, 0.4) is 0 Å². The molecule has 0 unspecified atom stereocenters.